The van der Waals surface area contributed by atoms with Crippen molar-refractivity contribution in [1.29, 1.82) is 0 Å². The van der Waals surface area contributed by atoms with Gasteiger partial charge in [0.25, 0.3) is 0 Å². The summed E-state index contributed by atoms with van der Waals surface area (Å²) in [4.78, 5) is 21.8. The minimum atomic E-state index is -4.01. The topological polar surface area (TPSA) is 118 Å². The van der Waals surface area contributed by atoms with Crippen molar-refractivity contribution in [3.05, 3.63) is 53.6 Å². The summed E-state index contributed by atoms with van der Waals surface area (Å²) in [5.41, 5.74) is -1.08. The molecule has 0 spiro atoms. The first-order valence-corrected chi connectivity index (χ1v) is 7.75. The Bertz CT molecular complexity index is 884. The third-order valence-electron chi connectivity index (χ3n) is 3.11. The second-order valence-corrected chi connectivity index (χ2v) is 6.45. The van der Waals surface area contributed by atoms with Crippen molar-refractivity contribution >= 4 is 21.8 Å². The molecular weight excluding hydrogens is 324 g/mol. The number of hydrogen-bond donors (Lipinski definition) is 2. The normalized spacial score (nSPS) is 11.0. The van der Waals surface area contributed by atoms with E-state index in [1.54, 1.807) is 6.07 Å². The summed E-state index contributed by atoms with van der Waals surface area (Å²) in [5, 5.41) is 18.0. The highest BCUT2D eigenvalue weighted by molar-refractivity contribution is 7.91. The van der Waals surface area contributed by atoms with E-state index in [-0.39, 0.29) is 9.79 Å². The summed E-state index contributed by atoms with van der Waals surface area (Å²) in [7, 11) is -2.62. The van der Waals surface area contributed by atoms with Gasteiger partial charge in [0.2, 0.25) is 9.84 Å². The Balaban J connectivity index is 2.62. The van der Waals surface area contributed by atoms with Crippen molar-refractivity contribution in [2.24, 2.45) is 0 Å². The smallest absolute Gasteiger partial charge is 0.336 e. The SMILES string of the molecule is COc1cccc(S(=O)(=O)c2ccc(C(=O)O)c(C(=O)O)c2)c1. The number of carboxylic acid groups (broad SMARTS) is 2. The van der Waals surface area contributed by atoms with Crippen molar-refractivity contribution in [3.8, 4) is 5.75 Å². The van der Waals surface area contributed by atoms with Gasteiger partial charge < -0.3 is 14.9 Å². The summed E-state index contributed by atoms with van der Waals surface area (Å²) in [6.07, 6.45) is 0. The molecule has 0 saturated heterocycles. The Morgan fingerprint density at radius 2 is 1.52 bits per heavy atom. The molecule has 0 aliphatic heterocycles. The number of aromatic carboxylic acids is 2. The lowest BCUT2D eigenvalue weighted by atomic mass is 10.1. The largest absolute Gasteiger partial charge is 0.497 e. The first kappa shape index (κ1) is 16.5. The fraction of sp³-hybridized carbons (Fsp3) is 0.0667. The van der Waals surface area contributed by atoms with E-state index in [1.165, 1.54) is 25.3 Å². The van der Waals surface area contributed by atoms with E-state index in [9.17, 15) is 18.0 Å². The van der Waals surface area contributed by atoms with Gasteiger partial charge in [-0.15, -0.1) is 0 Å². The molecule has 0 aliphatic carbocycles. The first-order valence-electron chi connectivity index (χ1n) is 6.27. The Kier molecular flexibility index (Phi) is 4.37. The van der Waals surface area contributed by atoms with Gasteiger partial charge in [0, 0.05) is 0 Å². The van der Waals surface area contributed by atoms with Crippen molar-refractivity contribution in [2.75, 3.05) is 7.11 Å². The van der Waals surface area contributed by atoms with E-state index in [0.29, 0.717) is 5.75 Å². The van der Waals surface area contributed by atoms with Crippen molar-refractivity contribution in [1.82, 2.24) is 0 Å². The molecule has 7 nitrogen and oxygen atoms in total. The minimum Gasteiger partial charge on any atom is -0.497 e. The van der Waals surface area contributed by atoms with Gasteiger partial charge in [0.1, 0.15) is 5.75 Å². The lowest BCUT2D eigenvalue weighted by molar-refractivity contribution is 0.0651. The van der Waals surface area contributed by atoms with Gasteiger partial charge in [-0.05, 0) is 36.4 Å². The minimum absolute atomic E-state index is 0.0868. The number of sulfone groups is 1. The third kappa shape index (κ3) is 3.16. The quantitative estimate of drug-likeness (QED) is 0.856. The number of carbonyl (C=O) groups is 2. The van der Waals surface area contributed by atoms with Crippen molar-refractivity contribution in [2.45, 2.75) is 9.79 Å². The first-order chi connectivity index (χ1) is 10.8. The lowest BCUT2D eigenvalue weighted by Crippen LogP contribution is -2.11. The van der Waals surface area contributed by atoms with E-state index in [4.69, 9.17) is 14.9 Å². The molecule has 120 valence electrons. The standard InChI is InChI=1S/C15H12O7S/c1-22-9-3-2-4-10(7-9)23(20,21)11-5-6-12(14(16)17)13(8-11)15(18)19/h2-8H,1H3,(H,16,17)(H,18,19). The van der Waals surface area contributed by atoms with Crippen molar-refractivity contribution in [3.63, 3.8) is 0 Å². The van der Waals surface area contributed by atoms with Gasteiger partial charge in [-0.2, -0.15) is 0 Å². The molecule has 0 radical (unpaired) electrons. The third-order valence-corrected chi connectivity index (χ3v) is 4.86. The predicted octanol–water partition coefficient (Wildman–Crippen LogP) is 1.92. The van der Waals surface area contributed by atoms with Crippen LogP contribution in [-0.2, 0) is 9.84 Å². The fourth-order valence-electron chi connectivity index (χ4n) is 1.96. The predicted molar refractivity (Wildman–Crippen MR) is 78.8 cm³/mol. The van der Waals surface area contributed by atoms with Gasteiger partial charge in [0.05, 0.1) is 28.0 Å². The number of rotatable bonds is 5. The zero-order valence-electron chi connectivity index (χ0n) is 11.9. The molecule has 2 rings (SSSR count). The van der Waals surface area contributed by atoms with E-state index in [0.717, 1.165) is 18.2 Å². The number of carboxylic acids is 2. The van der Waals surface area contributed by atoms with E-state index >= 15 is 0 Å². The second-order valence-electron chi connectivity index (χ2n) is 4.50. The molecule has 0 aliphatic rings. The van der Waals surface area contributed by atoms with Crippen LogP contribution in [0.15, 0.2) is 52.3 Å². The van der Waals surface area contributed by atoms with E-state index < -0.39 is 32.9 Å². The molecule has 2 N–H and O–H groups in total. The molecule has 0 heterocycles. The average molecular weight is 336 g/mol. The molecule has 0 fully saturated rings. The molecular formula is C15H12O7S. The van der Waals surface area contributed by atoms with Gasteiger partial charge in [0.15, 0.2) is 0 Å². The van der Waals surface area contributed by atoms with Gasteiger partial charge >= 0.3 is 11.9 Å². The maximum atomic E-state index is 12.6. The Labute approximate surface area is 131 Å². The van der Waals surface area contributed by atoms with Crippen LogP contribution in [0.5, 0.6) is 5.75 Å². The molecule has 8 heteroatoms. The van der Waals surface area contributed by atoms with Crippen LogP contribution in [0.1, 0.15) is 20.7 Å². The van der Waals surface area contributed by atoms with Crippen LogP contribution in [0.3, 0.4) is 0 Å². The molecule has 0 unspecified atom stereocenters. The van der Waals surface area contributed by atoms with Crippen LogP contribution in [-0.4, -0.2) is 37.7 Å². The fourth-order valence-corrected chi connectivity index (χ4v) is 3.28. The Hall–Kier alpha value is -2.87. The zero-order chi connectivity index (χ0) is 17.2. The van der Waals surface area contributed by atoms with Crippen molar-refractivity contribution < 1.29 is 33.0 Å². The van der Waals surface area contributed by atoms with E-state index in [1.807, 2.05) is 0 Å². The highest BCUT2D eigenvalue weighted by Gasteiger charge is 2.23. The molecule has 0 amide bonds. The van der Waals surface area contributed by atoms with Crippen LogP contribution in [0.25, 0.3) is 0 Å². The van der Waals surface area contributed by atoms with Crippen LogP contribution < -0.4 is 4.74 Å². The van der Waals surface area contributed by atoms with Crippen LogP contribution in [0.2, 0.25) is 0 Å². The molecule has 0 saturated carbocycles. The maximum absolute atomic E-state index is 12.6. The van der Waals surface area contributed by atoms with Gasteiger partial charge in [-0.3, -0.25) is 0 Å². The number of hydrogen-bond acceptors (Lipinski definition) is 5. The summed E-state index contributed by atoms with van der Waals surface area (Å²) in [6.45, 7) is 0. The van der Waals surface area contributed by atoms with Gasteiger partial charge in [-0.1, -0.05) is 6.07 Å². The summed E-state index contributed by atoms with van der Waals surface area (Å²) < 4.78 is 30.1. The summed E-state index contributed by atoms with van der Waals surface area (Å²) in [6, 6.07) is 8.53. The van der Waals surface area contributed by atoms with Crippen LogP contribution >= 0.6 is 0 Å². The lowest BCUT2D eigenvalue weighted by Gasteiger charge is -2.09. The Morgan fingerprint density at radius 1 is 0.913 bits per heavy atom. The number of methoxy groups -OCH3 is 1. The number of ether oxygens (including phenoxy) is 1. The molecule has 2 aromatic rings. The van der Waals surface area contributed by atoms with Crippen LogP contribution in [0, 0.1) is 0 Å². The van der Waals surface area contributed by atoms with Gasteiger partial charge in [-0.25, -0.2) is 18.0 Å². The molecule has 2 aromatic carbocycles. The van der Waals surface area contributed by atoms with E-state index in [2.05, 4.69) is 0 Å². The summed E-state index contributed by atoms with van der Waals surface area (Å²) in [5.74, 6) is -2.65. The second kappa shape index (κ2) is 6.09. The maximum Gasteiger partial charge on any atom is 0.336 e. The number of benzene rings is 2. The zero-order valence-corrected chi connectivity index (χ0v) is 12.7. The molecule has 0 aromatic heterocycles. The molecule has 23 heavy (non-hydrogen) atoms. The monoisotopic (exact) mass is 336 g/mol. The molecule has 0 atom stereocenters. The highest BCUT2D eigenvalue weighted by Crippen LogP contribution is 2.26. The molecule has 0 bridgehead atoms. The Morgan fingerprint density at radius 3 is 2.09 bits per heavy atom. The van der Waals surface area contributed by atoms with Crippen LogP contribution in [0.4, 0.5) is 0 Å². The average Bonchev–Trinajstić information content (AvgIpc) is 2.54. The summed E-state index contributed by atoms with van der Waals surface area (Å²) >= 11 is 0. The highest BCUT2D eigenvalue weighted by atomic mass is 32.2.